The molecule has 0 spiro atoms. The van der Waals surface area contributed by atoms with Crippen LogP contribution in [0.3, 0.4) is 0 Å². The summed E-state index contributed by atoms with van der Waals surface area (Å²) in [5, 5.41) is 3.23. The van der Waals surface area contributed by atoms with Crippen molar-refractivity contribution in [2.24, 2.45) is 0 Å². The van der Waals surface area contributed by atoms with Crippen molar-refractivity contribution in [3.05, 3.63) is 46.1 Å². The number of carbonyl (C=O) groups is 1. The second-order valence-corrected chi connectivity index (χ2v) is 7.22. The molecule has 0 bridgehead atoms. The van der Waals surface area contributed by atoms with Crippen LogP contribution in [0.5, 0.6) is 0 Å². The van der Waals surface area contributed by atoms with Gasteiger partial charge in [-0.2, -0.15) is 0 Å². The van der Waals surface area contributed by atoms with Crippen LogP contribution in [0.2, 0.25) is 0 Å². The Hall–Kier alpha value is -1.61. The number of nitrogens with zero attached hydrogens (tertiary/aromatic N) is 1. The van der Waals surface area contributed by atoms with Crippen molar-refractivity contribution in [3.63, 3.8) is 0 Å². The number of fused-ring (bicyclic) bond motifs is 2. The standard InChI is InChI=1S/C18H22N2O/c1-18(2,11-20-7-3-4-8-20)19-17(21)14-6-5-13-15-9-12(15)10-16(13)14/h5-6,10H,3-4,7-9,11H2,1-2H3,(H,19,21). The highest BCUT2D eigenvalue weighted by molar-refractivity contribution is 6.02. The molecule has 0 atom stereocenters. The lowest BCUT2D eigenvalue weighted by Gasteiger charge is -2.31. The number of likely N-dealkylation sites (tertiary alicyclic amines) is 1. The van der Waals surface area contributed by atoms with Crippen LogP contribution in [-0.2, 0) is 4.79 Å². The van der Waals surface area contributed by atoms with Crippen molar-refractivity contribution in [1.82, 2.24) is 10.2 Å². The maximum Gasteiger partial charge on any atom is 0.252 e. The van der Waals surface area contributed by atoms with E-state index in [1.807, 2.05) is 6.08 Å². The normalized spacial score (nSPS) is 23.6. The lowest BCUT2D eigenvalue weighted by molar-refractivity contribution is -0.118. The summed E-state index contributed by atoms with van der Waals surface area (Å²) < 4.78 is 0. The average Bonchev–Trinajstić information content (AvgIpc) is 2.82. The molecule has 0 radical (unpaired) electrons. The Labute approximate surface area is 126 Å². The minimum Gasteiger partial charge on any atom is -0.346 e. The summed E-state index contributed by atoms with van der Waals surface area (Å²) in [5.74, 6) is 0.0687. The quantitative estimate of drug-likeness (QED) is 0.859. The van der Waals surface area contributed by atoms with Gasteiger partial charge in [-0.15, -0.1) is 0 Å². The third-order valence-electron chi connectivity index (χ3n) is 4.78. The molecule has 0 aromatic rings. The predicted octanol–water partition coefficient (Wildman–Crippen LogP) is 2.48. The Balaban J connectivity index is 1.46. The van der Waals surface area contributed by atoms with Gasteiger partial charge >= 0.3 is 0 Å². The van der Waals surface area contributed by atoms with Crippen molar-refractivity contribution in [2.75, 3.05) is 19.6 Å². The van der Waals surface area contributed by atoms with Crippen molar-refractivity contribution in [3.8, 4) is 0 Å². The van der Waals surface area contributed by atoms with Gasteiger partial charge < -0.3 is 10.2 Å². The summed E-state index contributed by atoms with van der Waals surface area (Å²) in [6.07, 6.45) is 9.96. The summed E-state index contributed by atoms with van der Waals surface area (Å²) in [7, 11) is 0. The van der Waals surface area contributed by atoms with Gasteiger partial charge in [-0.1, -0.05) is 6.08 Å². The van der Waals surface area contributed by atoms with E-state index in [-0.39, 0.29) is 11.4 Å². The van der Waals surface area contributed by atoms with Crippen LogP contribution < -0.4 is 5.32 Å². The van der Waals surface area contributed by atoms with Crippen molar-refractivity contribution >= 4 is 5.91 Å². The van der Waals surface area contributed by atoms with Gasteiger partial charge in [-0.05, 0) is 80.6 Å². The zero-order chi connectivity index (χ0) is 14.6. The summed E-state index contributed by atoms with van der Waals surface area (Å²) in [5.41, 5.74) is 5.94. The monoisotopic (exact) mass is 282 g/mol. The third kappa shape index (κ3) is 2.30. The van der Waals surface area contributed by atoms with E-state index in [0.717, 1.165) is 37.2 Å². The summed E-state index contributed by atoms with van der Waals surface area (Å²) in [6, 6.07) is 0. The Morgan fingerprint density at radius 1 is 1.24 bits per heavy atom. The zero-order valence-corrected chi connectivity index (χ0v) is 12.8. The van der Waals surface area contributed by atoms with Gasteiger partial charge in [0, 0.05) is 17.7 Å². The highest BCUT2D eigenvalue weighted by atomic mass is 16.1. The molecule has 0 aromatic heterocycles. The summed E-state index contributed by atoms with van der Waals surface area (Å²) in [6.45, 7) is 7.50. The Morgan fingerprint density at radius 3 is 2.76 bits per heavy atom. The van der Waals surface area contributed by atoms with Gasteiger partial charge in [-0.3, -0.25) is 4.79 Å². The molecule has 1 amide bonds. The van der Waals surface area contributed by atoms with E-state index in [2.05, 4.69) is 36.2 Å². The topological polar surface area (TPSA) is 32.3 Å². The number of hydrogen-bond acceptors (Lipinski definition) is 2. The predicted molar refractivity (Wildman–Crippen MR) is 83.8 cm³/mol. The highest BCUT2D eigenvalue weighted by Crippen LogP contribution is 2.51. The van der Waals surface area contributed by atoms with E-state index in [4.69, 9.17) is 0 Å². The molecule has 110 valence electrons. The van der Waals surface area contributed by atoms with Crippen molar-refractivity contribution in [1.29, 1.82) is 0 Å². The Morgan fingerprint density at radius 2 is 2.00 bits per heavy atom. The molecule has 1 heterocycles. The molecular weight excluding hydrogens is 260 g/mol. The smallest absolute Gasteiger partial charge is 0.252 e. The van der Waals surface area contributed by atoms with Crippen molar-refractivity contribution < 1.29 is 4.79 Å². The first-order chi connectivity index (χ1) is 10.0. The molecule has 0 aromatic carbocycles. The molecule has 0 unspecified atom stereocenters. The first kappa shape index (κ1) is 13.1. The molecule has 1 N–H and O–H groups in total. The Bertz CT molecular complexity index is 640. The largest absolute Gasteiger partial charge is 0.346 e. The molecule has 4 aliphatic rings. The highest BCUT2D eigenvalue weighted by Gasteiger charge is 2.36. The van der Waals surface area contributed by atoms with E-state index in [9.17, 15) is 4.79 Å². The van der Waals surface area contributed by atoms with E-state index in [1.54, 1.807) is 0 Å². The number of hydrogen-bond donors (Lipinski definition) is 1. The van der Waals surface area contributed by atoms with Crippen LogP contribution in [-0.4, -0.2) is 36.0 Å². The van der Waals surface area contributed by atoms with Crippen LogP contribution in [0.25, 0.3) is 0 Å². The maximum absolute atomic E-state index is 12.6. The molecule has 3 aliphatic carbocycles. The number of rotatable bonds is 4. The van der Waals surface area contributed by atoms with E-state index in [1.165, 1.54) is 29.6 Å². The fraction of sp³-hybridized carbons (Fsp3) is 0.500. The number of amides is 1. The number of nitrogens with one attached hydrogen (secondary N) is 1. The molecular formula is C18H22N2O. The molecule has 21 heavy (non-hydrogen) atoms. The minimum atomic E-state index is -0.187. The van der Waals surface area contributed by atoms with Crippen LogP contribution in [0.15, 0.2) is 46.1 Å². The van der Waals surface area contributed by atoms with Crippen LogP contribution in [0.4, 0.5) is 0 Å². The fourth-order valence-electron chi connectivity index (χ4n) is 3.75. The average molecular weight is 282 g/mol. The number of carbonyl (C=O) groups excluding carboxylic acids is 1. The van der Waals surface area contributed by atoms with Crippen molar-refractivity contribution in [2.45, 2.75) is 38.6 Å². The molecule has 1 saturated carbocycles. The second-order valence-electron chi connectivity index (χ2n) is 7.22. The van der Waals surface area contributed by atoms with Gasteiger partial charge in [0.15, 0.2) is 0 Å². The molecule has 2 fully saturated rings. The first-order valence-corrected chi connectivity index (χ1v) is 7.95. The van der Waals surface area contributed by atoms with E-state index < -0.39 is 0 Å². The lowest BCUT2D eigenvalue weighted by Crippen LogP contribution is -2.51. The van der Waals surface area contributed by atoms with Gasteiger partial charge in [0.25, 0.3) is 5.91 Å². The molecule has 3 heteroatoms. The molecule has 3 nitrogen and oxygen atoms in total. The van der Waals surface area contributed by atoms with Gasteiger partial charge in [0.1, 0.15) is 0 Å². The summed E-state index contributed by atoms with van der Waals surface area (Å²) >= 11 is 0. The summed E-state index contributed by atoms with van der Waals surface area (Å²) in [4.78, 5) is 15.1. The van der Waals surface area contributed by atoms with Gasteiger partial charge in [-0.25, -0.2) is 0 Å². The Kier molecular flexibility index (Phi) is 2.77. The molecule has 4 rings (SSSR count). The first-order valence-electron chi connectivity index (χ1n) is 7.95. The second kappa shape index (κ2) is 4.44. The fourth-order valence-corrected chi connectivity index (χ4v) is 3.75. The zero-order valence-electron chi connectivity index (χ0n) is 12.8. The molecule has 1 saturated heterocycles. The van der Waals surface area contributed by atoms with Crippen LogP contribution in [0, 0.1) is 0 Å². The van der Waals surface area contributed by atoms with E-state index in [0.29, 0.717) is 0 Å². The molecule has 1 aliphatic heterocycles. The third-order valence-corrected chi connectivity index (χ3v) is 4.78. The lowest BCUT2D eigenvalue weighted by atomic mass is 10.0. The van der Waals surface area contributed by atoms with Gasteiger partial charge in [0.05, 0.1) is 0 Å². The van der Waals surface area contributed by atoms with E-state index >= 15 is 0 Å². The minimum absolute atomic E-state index is 0.0687. The van der Waals surface area contributed by atoms with Crippen LogP contribution >= 0.6 is 0 Å². The van der Waals surface area contributed by atoms with Gasteiger partial charge in [0.2, 0.25) is 0 Å². The van der Waals surface area contributed by atoms with Crippen LogP contribution in [0.1, 0.15) is 33.1 Å². The number of allylic oxidation sites excluding steroid dienone is 6. The maximum atomic E-state index is 12.6. The SMILES string of the molecule is CC(C)(CN1CCCC1)NC(=O)C1=C2C=C3CC3=C2C=C1.